The Bertz CT molecular complexity index is 354. The van der Waals surface area contributed by atoms with Crippen LogP contribution in [0.25, 0.3) is 0 Å². The maximum atomic E-state index is 11.8. The van der Waals surface area contributed by atoms with Gasteiger partial charge in [-0.25, -0.2) is 9.59 Å². The lowest BCUT2D eigenvalue weighted by atomic mass is 10.1. The standard InChI is InChI=1S/C13H21NO4/c1-5-17-11(15)10-7-6-8-14(9-10)12(16)18-13(2,3)4/h9H,5-8H2,1-4H3. The molecular weight excluding hydrogens is 234 g/mol. The van der Waals surface area contributed by atoms with Crippen LogP contribution in [-0.4, -0.2) is 35.7 Å². The fraction of sp³-hybridized carbons (Fsp3) is 0.692. The van der Waals surface area contributed by atoms with E-state index in [1.807, 2.05) is 20.8 Å². The van der Waals surface area contributed by atoms with Crippen molar-refractivity contribution < 1.29 is 19.1 Å². The Balaban J connectivity index is 2.70. The Labute approximate surface area is 108 Å². The third-order valence-electron chi connectivity index (χ3n) is 2.32. The van der Waals surface area contributed by atoms with Gasteiger partial charge in [0.2, 0.25) is 0 Å². The summed E-state index contributed by atoms with van der Waals surface area (Å²) in [6.45, 7) is 8.09. The van der Waals surface area contributed by atoms with Crippen molar-refractivity contribution in [3.05, 3.63) is 11.8 Å². The molecule has 1 rings (SSSR count). The van der Waals surface area contributed by atoms with Crippen LogP contribution in [0, 0.1) is 0 Å². The second-order valence-corrected chi connectivity index (χ2v) is 5.15. The van der Waals surface area contributed by atoms with Gasteiger partial charge in [0.15, 0.2) is 0 Å². The van der Waals surface area contributed by atoms with Crippen LogP contribution in [0.1, 0.15) is 40.5 Å². The van der Waals surface area contributed by atoms with Crippen LogP contribution < -0.4 is 0 Å². The van der Waals surface area contributed by atoms with E-state index in [4.69, 9.17) is 9.47 Å². The molecule has 0 saturated carbocycles. The van der Waals surface area contributed by atoms with E-state index in [1.54, 1.807) is 6.92 Å². The minimum absolute atomic E-state index is 0.336. The van der Waals surface area contributed by atoms with Crippen molar-refractivity contribution in [3.63, 3.8) is 0 Å². The number of carbonyl (C=O) groups excluding carboxylic acids is 2. The molecule has 18 heavy (non-hydrogen) atoms. The van der Waals surface area contributed by atoms with E-state index in [1.165, 1.54) is 11.1 Å². The van der Waals surface area contributed by atoms with E-state index in [9.17, 15) is 9.59 Å². The van der Waals surface area contributed by atoms with Crippen LogP contribution in [0.4, 0.5) is 4.79 Å². The molecule has 0 bridgehead atoms. The molecule has 0 atom stereocenters. The predicted molar refractivity (Wildman–Crippen MR) is 66.9 cm³/mol. The van der Waals surface area contributed by atoms with Gasteiger partial charge in [-0.15, -0.1) is 0 Å². The Kier molecular flexibility index (Phi) is 4.76. The molecule has 1 aliphatic rings. The lowest BCUT2D eigenvalue weighted by molar-refractivity contribution is -0.138. The van der Waals surface area contributed by atoms with Gasteiger partial charge in [0.05, 0.1) is 12.2 Å². The zero-order valence-electron chi connectivity index (χ0n) is 11.5. The van der Waals surface area contributed by atoms with Gasteiger partial charge in [-0.05, 0) is 40.5 Å². The summed E-state index contributed by atoms with van der Waals surface area (Å²) in [6.07, 6.45) is 2.49. The second-order valence-electron chi connectivity index (χ2n) is 5.15. The second kappa shape index (κ2) is 5.89. The highest BCUT2D eigenvalue weighted by molar-refractivity contribution is 5.89. The molecule has 5 heteroatoms. The minimum Gasteiger partial charge on any atom is -0.463 e. The highest BCUT2D eigenvalue weighted by Crippen LogP contribution is 2.18. The Morgan fingerprint density at radius 3 is 2.61 bits per heavy atom. The van der Waals surface area contributed by atoms with Gasteiger partial charge in [0.25, 0.3) is 0 Å². The predicted octanol–water partition coefficient (Wildman–Crippen LogP) is 2.46. The summed E-state index contributed by atoms with van der Waals surface area (Å²) in [5.41, 5.74) is -0.0131. The maximum Gasteiger partial charge on any atom is 0.414 e. The number of hydrogen-bond acceptors (Lipinski definition) is 4. The number of rotatable bonds is 2. The molecule has 0 unspecified atom stereocenters. The first-order chi connectivity index (χ1) is 8.33. The average molecular weight is 255 g/mol. The largest absolute Gasteiger partial charge is 0.463 e. The SMILES string of the molecule is CCOC(=O)C1=CN(C(=O)OC(C)(C)C)CCC1. The number of hydrogen-bond donors (Lipinski definition) is 0. The van der Waals surface area contributed by atoms with Crippen LogP contribution in [0.2, 0.25) is 0 Å². The number of carbonyl (C=O) groups is 2. The molecule has 0 radical (unpaired) electrons. The molecular formula is C13H21NO4. The molecule has 102 valence electrons. The molecule has 0 aromatic rings. The molecule has 0 aromatic carbocycles. The van der Waals surface area contributed by atoms with Crippen molar-refractivity contribution in [1.82, 2.24) is 4.90 Å². The summed E-state index contributed by atoms with van der Waals surface area (Å²) in [5, 5.41) is 0. The monoisotopic (exact) mass is 255 g/mol. The van der Waals surface area contributed by atoms with Gasteiger partial charge in [-0.1, -0.05) is 0 Å². The summed E-state index contributed by atoms with van der Waals surface area (Å²) >= 11 is 0. The average Bonchev–Trinajstić information content (AvgIpc) is 2.27. The maximum absolute atomic E-state index is 11.8. The fourth-order valence-electron chi connectivity index (χ4n) is 1.60. The van der Waals surface area contributed by atoms with Crippen molar-refractivity contribution in [2.45, 2.75) is 46.1 Å². The van der Waals surface area contributed by atoms with Crippen molar-refractivity contribution >= 4 is 12.1 Å². The zero-order chi connectivity index (χ0) is 13.8. The highest BCUT2D eigenvalue weighted by Gasteiger charge is 2.25. The first-order valence-corrected chi connectivity index (χ1v) is 6.21. The van der Waals surface area contributed by atoms with E-state index >= 15 is 0 Å². The third kappa shape index (κ3) is 4.39. The number of amides is 1. The van der Waals surface area contributed by atoms with Gasteiger partial charge < -0.3 is 9.47 Å². The van der Waals surface area contributed by atoms with Gasteiger partial charge in [0, 0.05) is 12.7 Å². The Hall–Kier alpha value is -1.52. The topological polar surface area (TPSA) is 55.8 Å². The first kappa shape index (κ1) is 14.5. The number of esters is 1. The van der Waals surface area contributed by atoms with Crippen LogP contribution in [0.3, 0.4) is 0 Å². The van der Waals surface area contributed by atoms with E-state index in [0.29, 0.717) is 25.1 Å². The summed E-state index contributed by atoms with van der Waals surface area (Å²) in [4.78, 5) is 24.9. The molecule has 1 aliphatic heterocycles. The molecule has 1 amide bonds. The summed E-state index contributed by atoms with van der Waals surface area (Å²) < 4.78 is 10.2. The van der Waals surface area contributed by atoms with Crippen molar-refractivity contribution in [2.75, 3.05) is 13.2 Å². The van der Waals surface area contributed by atoms with Gasteiger partial charge in [-0.2, -0.15) is 0 Å². The molecule has 0 fully saturated rings. The number of nitrogens with zero attached hydrogens (tertiary/aromatic N) is 1. The van der Waals surface area contributed by atoms with Crippen LogP contribution in [-0.2, 0) is 14.3 Å². The van der Waals surface area contributed by atoms with Crippen molar-refractivity contribution in [2.24, 2.45) is 0 Å². The zero-order valence-corrected chi connectivity index (χ0v) is 11.5. The molecule has 0 aromatic heterocycles. The quantitative estimate of drug-likeness (QED) is 0.711. The van der Waals surface area contributed by atoms with Gasteiger partial charge in [0.1, 0.15) is 5.60 Å². The summed E-state index contributed by atoms with van der Waals surface area (Å²) in [6, 6.07) is 0. The molecule has 0 N–H and O–H groups in total. The van der Waals surface area contributed by atoms with Gasteiger partial charge >= 0.3 is 12.1 Å². The molecule has 5 nitrogen and oxygen atoms in total. The Morgan fingerprint density at radius 2 is 2.06 bits per heavy atom. The van der Waals surface area contributed by atoms with Gasteiger partial charge in [-0.3, -0.25) is 4.90 Å². The van der Waals surface area contributed by atoms with E-state index < -0.39 is 11.7 Å². The van der Waals surface area contributed by atoms with Crippen molar-refractivity contribution in [3.8, 4) is 0 Å². The lowest BCUT2D eigenvalue weighted by Gasteiger charge is -2.28. The van der Waals surface area contributed by atoms with E-state index in [2.05, 4.69) is 0 Å². The number of ether oxygens (including phenoxy) is 2. The normalized spacial score (nSPS) is 16.0. The molecule has 0 aliphatic carbocycles. The van der Waals surface area contributed by atoms with Crippen molar-refractivity contribution in [1.29, 1.82) is 0 Å². The lowest BCUT2D eigenvalue weighted by Crippen LogP contribution is -2.36. The molecule has 0 spiro atoms. The Morgan fingerprint density at radius 1 is 1.39 bits per heavy atom. The fourth-order valence-corrected chi connectivity index (χ4v) is 1.60. The van der Waals surface area contributed by atoms with Crippen LogP contribution in [0.15, 0.2) is 11.8 Å². The smallest absolute Gasteiger partial charge is 0.414 e. The van der Waals surface area contributed by atoms with E-state index in [0.717, 1.165) is 6.42 Å². The summed E-state index contributed by atoms with van der Waals surface area (Å²) in [5.74, 6) is -0.356. The summed E-state index contributed by atoms with van der Waals surface area (Å²) in [7, 11) is 0. The van der Waals surface area contributed by atoms with Crippen LogP contribution in [0.5, 0.6) is 0 Å². The minimum atomic E-state index is -0.535. The van der Waals surface area contributed by atoms with Crippen LogP contribution >= 0.6 is 0 Å². The first-order valence-electron chi connectivity index (χ1n) is 6.21. The van der Waals surface area contributed by atoms with E-state index in [-0.39, 0.29) is 5.97 Å². The molecule has 0 saturated heterocycles. The highest BCUT2D eigenvalue weighted by atomic mass is 16.6. The molecule has 1 heterocycles. The third-order valence-corrected chi connectivity index (χ3v) is 2.32.